The summed E-state index contributed by atoms with van der Waals surface area (Å²) in [5.41, 5.74) is 0.924. The van der Waals surface area contributed by atoms with E-state index in [-0.39, 0.29) is 5.91 Å². The largest absolute Gasteiger partial charge is 0.465 e. The number of hydrogen-bond donors (Lipinski definition) is 2. The van der Waals surface area contributed by atoms with E-state index in [1.54, 1.807) is 0 Å². The third-order valence-corrected chi connectivity index (χ3v) is 5.78. The molecule has 1 fully saturated rings. The molecule has 1 unspecified atom stereocenters. The molecule has 0 aliphatic carbocycles. The molecule has 2 amide bonds. The summed E-state index contributed by atoms with van der Waals surface area (Å²) in [5, 5.41) is 13.3. The molecule has 0 bridgehead atoms. The molecule has 0 radical (unpaired) electrons. The molecule has 2 N–H and O–H groups in total. The Morgan fingerprint density at radius 1 is 1.11 bits per heavy atom. The second-order valence-electron chi connectivity index (χ2n) is 8.19. The molecule has 0 aromatic heterocycles. The fourth-order valence-electron chi connectivity index (χ4n) is 4.09. The van der Waals surface area contributed by atoms with Gasteiger partial charge in [-0.15, -0.1) is 0 Å². The lowest BCUT2D eigenvalue weighted by Crippen LogP contribution is -2.62. The second kappa shape index (κ2) is 7.47. The van der Waals surface area contributed by atoms with Crippen LogP contribution < -0.4 is 5.32 Å². The zero-order valence-electron chi connectivity index (χ0n) is 16.3. The van der Waals surface area contributed by atoms with Crippen LogP contribution in [0.4, 0.5) is 10.5 Å². The van der Waals surface area contributed by atoms with E-state index in [1.807, 2.05) is 69.3 Å². The summed E-state index contributed by atoms with van der Waals surface area (Å²) in [6.45, 7) is 6.11. The number of anilines is 1. The van der Waals surface area contributed by atoms with Crippen molar-refractivity contribution in [3.63, 3.8) is 0 Å². The van der Waals surface area contributed by atoms with Crippen LogP contribution in [0.5, 0.6) is 0 Å². The van der Waals surface area contributed by atoms with Gasteiger partial charge in [0.2, 0.25) is 0 Å². The van der Waals surface area contributed by atoms with E-state index >= 15 is 0 Å². The Kier molecular flexibility index (Phi) is 5.39. The third kappa shape index (κ3) is 3.59. The molecule has 0 spiro atoms. The number of benzene rings is 2. The molecular weight excluding hydrogens is 376 g/mol. The van der Waals surface area contributed by atoms with Gasteiger partial charge < -0.3 is 10.4 Å². The van der Waals surface area contributed by atoms with E-state index in [2.05, 4.69) is 5.32 Å². The van der Waals surface area contributed by atoms with Crippen molar-refractivity contribution >= 4 is 29.3 Å². The van der Waals surface area contributed by atoms with Gasteiger partial charge in [-0.2, -0.15) is 0 Å². The molecule has 5 nitrogen and oxygen atoms in total. The summed E-state index contributed by atoms with van der Waals surface area (Å²) < 4.78 is 0. The first-order chi connectivity index (χ1) is 13.1. The van der Waals surface area contributed by atoms with E-state index in [1.165, 1.54) is 4.90 Å². The van der Waals surface area contributed by atoms with Crippen LogP contribution in [-0.2, 0) is 4.79 Å². The highest BCUT2D eigenvalue weighted by molar-refractivity contribution is 6.30. The molecule has 1 heterocycles. The van der Waals surface area contributed by atoms with E-state index < -0.39 is 17.0 Å². The first-order valence-electron chi connectivity index (χ1n) is 9.33. The fourth-order valence-corrected chi connectivity index (χ4v) is 4.21. The predicted octanol–water partition coefficient (Wildman–Crippen LogP) is 5.50. The average molecular weight is 401 g/mol. The summed E-state index contributed by atoms with van der Waals surface area (Å²) in [7, 11) is 0. The Hall–Kier alpha value is -2.53. The SMILES string of the molecule is CC(C)(C)C1(C(=O)Nc2cccc(-c3ccc(Cl)cc3)c2)CCCN1C(=O)O. The molecule has 2 aromatic rings. The maximum atomic E-state index is 13.4. The first kappa shape index (κ1) is 20.2. The van der Waals surface area contributed by atoms with E-state index in [0.717, 1.165) is 11.1 Å². The monoisotopic (exact) mass is 400 g/mol. The zero-order chi connectivity index (χ0) is 20.5. The highest BCUT2D eigenvalue weighted by Crippen LogP contribution is 2.44. The molecule has 1 saturated heterocycles. The summed E-state index contributed by atoms with van der Waals surface area (Å²) in [5.74, 6) is -0.284. The maximum absolute atomic E-state index is 13.4. The number of nitrogens with one attached hydrogen (secondary N) is 1. The van der Waals surface area contributed by atoms with Crippen molar-refractivity contribution in [2.45, 2.75) is 39.2 Å². The standard InChI is InChI=1S/C22H25ClN2O3/c1-21(2,3)22(12-5-13-25(22)20(27)28)19(26)24-18-7-4-6-16(14-18)15-8-10-17(23)11-9-15/h4,6-11,14H,5,12-13H2,1-3H3,(H,24,26)(H,27,28). The van der Waals surface area contributed by atoms with Crippen LogP contribution in [-0.4, -0.2) is 34.1 Å². The molecule has 28 heavy (non-hydrogen) atoms. The summed E-state index contributed by atoms with van der Waals surface area (Å²) in [4.78, 5) is 26.5. The molecule has 1 atom stereocenters. The summed E-state index contributed by atoms with van der Waals surface area (Å²) >= 11 is 5.96. The number of amides is 2. The number of carbonyl (C=O) groups is 2. The van der Waals surface area contributed by atoms with Gasteiger partial charge >= 0.3 is 6.09 Å². The smallest absolute Gasteiger partial charge is 0.408 e. The van der Waals surface area contributed by atoms with Crippen molar-refractivity contribution in [3.8, 4) is 11.1 Å². The Morgan fingerprint density at radius 3 is 2.39 bits per heavy atom. The van der Waals surface area contributed by atoms with Gasteiger partial charge in [-0.3, -0.25) is 9.69 Å². The number of halogens is 1. The zero-order valence-corrected chi connectivity index (χ0v) is 17.1. The van der Waals surface area contributed by atoms with Crippen LogP contribution in [0.25, 0.3) is 11.1 Å². The molecule has 1 aliphatic heterocycles. The van der Waals surface area contributed by atoms with E-state index in [0.29, 0.717) is 30.1 Å². The van der Waals surface area contributed by atoms with Crippen LogP contribution in [0.1, 0.15) is 33.6 Å². The normalized spacial score (nSPS) is 19.5. The summed E-state index contributed by atoms with van der Waals surface area (Å²) in [6.07, 6.45) is 0.116. The van der Waals surface area contributed by atoms with Gasteiger partial charge in [-0.25, -0.2) is 4.79 Å². The van der Waals surface area contributed by atoms with Gasteiger partial charge in [0.1, 0.15) is 5.54 Å². The third-order valence-electron chi connectivity index (χ3n) is 5.53. The number of carboxylic acid groups (broad SMARTS) is 1. The van der Waals surface area contributed by atoms with Gasteiger partial charge in [-0.05, 0) is 53.6 Å². The lowest BCUT2D eigenvalue weighted by molar-refractivity contribution is -0.131. The van der Waals surface area contributed by atoms with Crippen molar-refractivity contribution in [2.75, 3.05) is 11.9 Å². The highest BCUT2D eigenvalue weighted by atomic mass is 35.5. The minimum Gasteiger partial charge on any atom is -0.465 e. The molecule has 2 aromatic carbocycles. The van der Waals surface area contributed by atoms with Crippen molar-refractivity contribution in [1.29, 1.82) is 0 Å². The Morgan fingerprint density at radius 2 is 1.79 bits per heavy atom. The Balaban J connectivity index is 1.92. The number of rotatable bonds is 3. The van der Waals surface area contributed by atoms with Crippen molar-refractivity contribution in [3.05, 3.63) is 53.6 Å². The number of nitrogens with zero attached hydrogens (tertiary/aromatic N) is 1. The number of carbonyl (C=O) groups excluding carboxylic acids is 1. The Bertz CT molecular complexity index is 889. The first-order valence-corrected chi connectivity index (χ1v) is 9.71. The van der Waals surface area contributed by atoms with Gasteiger partial charge in [0.25, 0.3) is 5.91 Å². The second-order valence-corrected chi connectivity index (χ2v) is 8.63. The molecule has 1 aliphatic rings. The van der Waals surface area contributed by atoms with E-state index in [4.69, 9.17) is 11.6 Å². The van der Waals surface area contributed by atoms with Crippen LogP contribution >= 0.6 is 11.6 Å². The minimum absolute atomic E-state index is 0.284. The predicted molar refractivity (Wildman–Crippen MR) is 112 cm³/mol. The fraction of sp³-hybridized carbons (Fsp3) is 0.364. The molecular formula is C22H25ClN2O3. The van der Waals surface area contributed by atoms with Crippen LogP contribution in [0.2, 0.25) is 5.02 Å². The van der Waals surface area contributed by atoms with Gasteiger partial charge in [0, 0.05) is 17.3 Å². The molecule has 0 saturated carbocycles. The average Bonchev–Trinajstić information content (AvgIpc) is 3.09. The number of likely N-dealkylation sites (tertiary alicyclic amines) is 1. The van der Waals surface area contributed by atoms with Gasteiger partial charge in [-0.1, -0.05) is 56.6 Å². The van der Waals surface area contributed by atoms with Gasteiger partial charge in [0.05, 0.1) is 0 Å². The van der Waals surface area contributed by atoms with Crippen molar-refractivity contribution < 1.29 is 14.7 Å². The lowest BCUT2D eigenvalue weighted by Gasteiger charge is -2.45. The van der Waals surface area contributed by atoms with Gasteiger partial charge in [0.15, 0.2) is 0 Å². The van der Waals surface area contributed by atoms with Crippen LogP contribution in [0, 0.1) is 5.41 Å². The molecule has 6 heteroatoms. The summed E-state index contributed by atoms with van der Waals surface area (Å²) in [6, 6.07) is 15.0. The molecule has 3 rings (SSSR count). The lowest BCUT2D eigenvalue weighted by atomic mass is 9.71. The number of hydrogen-bond acceptors (Lipinski definition) is 2. The van der Waals surface area contributed by atoms with E-state index in [9.17, 15) is 14.7 Å². The molecule has 148 valence electrons. The van der Waals surface area contributed by atoms with Crippen LogP contribution in [0.3, 0.4) is 0 Å². The highest BCUT2D eigenvalue weighted by Gasteiger charge is 2.57. The quantitative estimate of drug-likeness (QED) is 0.714. The Labute approximate surface area is 170 Å². The maximum Gasteiger partial charge on any atom is 0.408 e. The van der Waals surface area contributed by atoms with Crippen molar-refractivity contribution in [1.82, 2.24) is 4.90 Å². The minimum atomic E-state index is -1.10. The van der Waals surface area contributed by atoms with Crippen LogP contribution in [0.15, 0.2) is 48.5 Å². The van der Waals surface area contributed by atoms with Crippen molar-refractivity contribution in [2.24, 2.45) is 5.41 Å². The topological polar surface area (TPSA) is 69.6 Å².